The molecular formula is C19H27NO5. The van der Waals surface area contributed by atoms with Gasteiger partial charge in [0, 0.05) is 24.9 Å². The number of nitrogens with one attached hydrogen (secondary N) is 1. The molecule has 1 saturated heterocycles. The molecule has 2 aliphatic rings. The van der Waals surface area contributed by atoms with Crippen molar-refractivity contribution in [2.24, 2.45) is 0 Å². The zero-order valence-electron chi connectivity index (χ0n) is 15.0. The summed E-state index contributed by atoms with van der Waals surface area (Å²) in [5.41, 5.74) is 0.543. The lowest BCUT2D eigenvalue weighted by molar-refractivity contribution is -0.161. The Balaban J connectivity index is 1.56. The standard InChI is InChI=1S/C19H27NO5/c1-3-22-16-8-7-14(11-17(16)23-4-2)18(21)20-12-15-13-24-19(25-15)9-5-6-10-19/h7-8,11,15H,3-6,9-10,12-13H2,1-2H3,(H,20,21). The van der Waals surface area contributed by atoms with Crippen LogP contribution in [0.15, 0.2) is 18.2 Å². The first kappa shape index (κ1) is 18.0. The minimum atomic E-state index is -0.392. The summed E-state index contributed by atoms with van der Waals surface area (Å²) in [7, 11) is 0. The monoisotopic (exact) mass is 349 g/mol. The first-order valence-electron chi connectivity index (χ1n) is 9.15. The summed E-state index contributed by atoms with van der Waals surface area (Å²) in [5.74, 6) is 0.690. The van der Waals surface area contributed by atoms with Crippen molar-refractivity contribution in [3.63, 3.8) is 0 Å². The molecule has 1 unspecified atom stereocenters. The third-order valence-corrected chi connectivity index (χ3v) is 4.57. The van der Waals surface area contributed by atoms with Crippen molar-refractivity contribution in [3.8, 4) is 11.5 Å². The van der Waals surface area contributed by atoms with Crippen LogP contribution in [0.5, 0.6) is 11.5 Å². The van der Waals surface area contributed by atoms with Gasteiger partial charge >= 0.3 is 0 Å². The van der Waals surface area contributed by atoms with Crippen LogP contribution >= 0.6 is 0 Å². The van der Waals surface area contributed by atoms with Crippen molar-refractivity contribution in [1.29, 1.82) is 0 Å². The Hall–Kier alpha value is -1.79. The molecule has 138 valence electrons. The van der Waals surface area contributed by atoms with Gasteiger partial charge in [-0.25, -0.2) is 0 Å². The smallest absolute Gasteiger partial charge is 0.251 e. The molecule has 6 nitrogen and oxygen atoms in total. The number of carbonyl (C=O) groups is 1. The predicted octanol–water partition coefficient (Wildman–Crippen LogP) is 2.90. The Labute approximate surface area is 148 Å². The lowest BCUT2D eigenvalue weighted by atomic mass is 10.2. The van der Waals surface area contributed by atoms with E-state index in [4.69, 9.17) is 18.9 Å². The van der Waals surface area contributed by atoms with Crippen LogP contribution in [0, 0.1) is 0 Å². The van der Waals surface area contributed by atoms with Crippen molar-refractivity contribution in [2.45, 2.75) is 51.4 Å². The molecule has 6 heteroatoms. The molecule has 0 aromatic heterocycles. The fraction of sp³-hybridized carbons (Fsp3) is 0.632. The Morgan fingerprint density at radius 1 is 1.20 bits per heavy atom. The fourth-order valence-electron chi connectivity index (χ4n) is 3.39. The van der Waals surface area contributed by atoms with Crippen molar-refractivity contribution in [1.82, 2.24) is 5.32 Å². The summed E-state index contributed by atoms with van der Waals surface area (Å²) >= 11 is 0. The van der Waals surface area contributed by atoms with E-state index in [2.05, 4.69) is 5.32 Å². The van der Waals surface area contributed by atoms with Crippen molar-refractivity contribution in [2.75, 3.05) is 26.4 Å². The first-order valence-corrected chi connectivity index (χ1v) is 9.15. The average molecular weight is 349 g/mol. The maximum Gasteiger partial charge on any atom is 0.251 e. The predicted molar refractivity (Wildman–Crippen MR) is 93.1 cm³/mol. The van der Waals surface area contributed by atoms with Gasteiger partial charge in [-0.2, -0.15) is 0 Å². The highest BCUT2D eigenvalue weighted by atomic mass is 16.7. The summed E-state index contributed by atoms with van der Waals surface area (Å²) in [6.07, 6.45) is 4.11. The summed E-state index contributed by atoms with van der Waals surface area (Å²) in [6.45, 7) is 5.86. The van der Waals surface area contributed by atoms with Gasteiger partial charge in [0.2, 0.25) is 0 Å². The van der Waals surface area contributed by atoms with Crippen molar-refractivity contribution >= 4 is 5.91 Å². The van der Waals surface area contributed by atoms with Crippen LogP contribution in [0.1, 0.15) is 49.9 Å². The Kier molecular flexibility index (Phi) is 5.81. The molecule has 1 spiro atoms. The maximum absolute atomic E-state index is 12.4. The van der Waals surface area contributed by atoms with Crippen LogP contribution in [-0.2, 0) is 9.47 Å². The number of amides is 1. The molecule has 1 N–H and O–H groups in total. The van der Waals surface area contributed by atoms with Crippen LogP contribution in [0.25, 0.3) is 0 Å². The highest BCUT2D eigenvalue weighted by Gasteiger charge is 2.43. The van der Waals surface area contributed by atoms with Gasteiger partial charge in [-0.15, -0.1) is 0 Å². The van der Waals surface area contributed by atoms with Crippen LogP contribution in [0.3, 0.4) is 0 Å². The van der Waals surface area contributed by atoms with Gasteiger partial charge in [-0.3, -0.25) is 4.79 Å². The number of benzene rings is 1. The van der Waals surface area contributed by atoms with Crippen LogP contribution < -0.4 is 14.8 Å². The minimum absolute atomic E-state index is 0.0869. The van der Waals surface area contributed by atoms with Crippen LogP contribution in [0.2, 0.25) is 0 Å². The van der Waals surface area contributed by atoms with E-state index < -0.39 is 5.79 Å². The topological polar surface area (TPSA) is 66.0 Å². The highest BCUT2D eigenvalue weighted by Crippen LogP contribution is 2.39. The van der Waals surface area contributed by atoms with E-state index in [0.717, 1.165) is 25.7 Å². The van der Waals surface area contributed by atoms with Gasteiger partial charge in [0.15, 0.2) is 17.3 Å². The van der Waals surface area contributed by atoms with E-state index in [0.29, 0.717) is 43.4 Å². The largest absolute Gasteiger partial charge is 0.490 e. The number of hydrogen-bond acceptors (Lipinski definition) is 5. The first-order chi connectivity index (χ1) is 12.2. The van der Waals surface area contributed by atoms with Crippen LogP contribution in [-0.4, -0.2) is 44.2 Å². The summed E-state index contributed by atoms with van der Waals surface area (Å²) in [6, 6.07) is 5.23. The maximum atomic E-state index is 12.4. The SMILES string of the molecule is CCOc1ccc(C(=O)NCC2COC3(CCCC3)O2)cc1OCC. The molecule has 2 fully saturated rings. The van der Waals surface area contributed by atoms with E-state index >= 15 is 0 Å². The lowest BCUT2D eigenvalue weighted by Crippen LogP contribution is -2.35. The molecule has 1 aliphatic carbocycles. The van der Waals surface area contributed by atoms with Gasteiger partial charge in [-0.05, 0) is 44.9 Å². The van der Waals surface area contributed by atoms with Gasteiger partial charge in [0.05, 0.1) is 19.8 Å². The second-order valence-corrected chi connectivity index (χ2v) is 6.41. The van der Waals surface area contributed by atoms with Crippen LogP contribution in [0.4, 0.5) is 0 Å². The number of carbonyl (C=O) groups excluding carboxylic acids is 1. The molecule has 0 radical (unpaired) electrons. The van der Waals surface area contributed by atoms with Crippen molar-refractivity contribution < 1.29 is 23.7 Å². The third-order valence-electron chi connectivity index (χ3n) is 4.57. The normalized spacial score (nSPS) is 21.4. The molecule has 1 heterocycles. The molecule has 3 rings (SSSR count). The Morgan fingerprint density at radius 3 is 2.64 bits per heavy atom. The molecule has 1 aliphatic heterocycles. The lowest BCUT2D eigenvalue weighted by Gasteiger charge is -2.22. The third kappa shape index (κ3) is 4.25. The second-order valence-electron chi connectivity index (χ2n) is 6.41. The summed E-state index contributed by atoms with van der Waals surface area (Å²) in [5, 5.41) is 2.93. The van der Waals surface area contributed by atoms with E-state index in [1.807, 2.05) is 13.8 Å². The van der Waals surface area contributed by atoms with Gasteiger partial charge in [0.25, 0.3) is 5.91 Å². The summed E-state index contributed by atoms with van der Waals surface area (Å²) in [4.78, 5) is 12.4. The number of hydrogen-bond donors (Lipinski definition) is 1. The van der Waals surface area contributed by atoms with Crippen molar-refractivity contribution in [3.05, 3.63) is 23.8 Å². The molecule has 1 atom stereocenters. The molecule has 1 aromatic carbocycles. The van der Waals surface area contributed by atoms with E-state index in [1.54, 1.807) is 18.2 Å². The quantitative estimate of drug-likeness (QED) is 0.820. The molecule has 1 amide bonds. The minimum Gasteiger partial charge on any atom is -0.490 e. The van der Waals surface area contributed by atoms with E-state index in [-0.39, 0.29) is 12.0 Å². The molecule has 25 heavy (non-hydrogen) atoms. The molecule has 1 saturated carbocycles. The zero-order valence-corrected chi connectivity index (χ0v) is 15.0. The number of rotatable bonds is 7. The summed E-state index contributed by atoms with van der Waals surface area (Å²) < 4.78 is 23.0. The zero-order chi connectivity index (χ0) is 17.7. The second kappa shape index (κ2) is 8.06. The van der Waals surface area contributed by atoms with Gasteiger partial charge in [0.1, 0.15) is 6.10 Å². The van der Waals surface area contributed by atoms with Gasteiger partial charge in [-0.1, -0.05) is 0 Å². The molecular weight excluding hydrogens is 322 g/mol. The Morgan fingerprint density at radius 2 is 1.92 bits per heavy atom. The molecule has 0 bridgehead atoms. The number of ether oxygens (including phenoxy) is 4. The van der Waals surface area contributed by atoms with E-state index in [1.165, 1.54) is 0 Å². The highest BCUT2D eigenvalue weighted by molar-refractivity contribution is 5.94. The van der Waals surface area contributed by atoms with Gasteiger partial charge < -0.3 is 24.3 Å². The van der Waals surface area contributed by atoms with E-state index in [9.17, 15) is 4.79 Å². The average Bonchev–Trinajstić information content (AvgIpc) is 3.24. The fourth-order valence-corrected chi connectivity index (χ4v) is 3.39. The molecule has 1 aromatic rings. The Bertz CT molecular complexity index is 597.